The molecule has 0 saturated carbocycles. The van der Waals surface area contributed by atoms with Gasteiger partial charge in [0, 0.05) is 12.4 Å². The van der Waals surface area contributed by atoms with Crippen LogP contribution in [0, 0.1) is 0 Å². The van der Waals surface area contributed by atoms with Crippen molar-refractivity contribution in [2.24, 2.45) is 0 Å². The molecule has 0 bridgehead atoms. The van der Waals surface area contributed by atoms with Crippen molar-refractivity contribution in [3.63, 3.8) is 0 Å². The summed E-state index contributed by atoms with van der Waals surface area (Å²) < 4.78 is 119. The van der Waals surface area contributed by atoms with E-state index in [-0.39, 0.29) is 29.6 Å². The van der Waals surface area contributed by atoms with E-state index in [1.807, 2.05) is 0 Å². The average Bonchev–Trinajstić information content (AvgIpc) is 2.30. The summed E-state index contributed by atoms with van der Waals surface area (Å²) in [5.41, 5.74) is 0. The van der Waals surface area contributed by atoms with Gasteiger partial charge in [0.2, 0.25) is 0 Å². The molecule has 0 aromatic carbocycles. The summed E-state index contributed by atoms with van der Waals surface area (Å²) in [5, 5.41) is 7.10. The summed E-state index contributed by atoms with van der Waals surface area (Å²) in [7, 11) is -5.54. The molecular formula is C8H6F7NaO7S. The number of hydrogen-bond acceptors (Lipinski definition) is 6. The molecule has 16 heteroatoms. The second-order valence-corrected chi connectivity index (χ2v) is 5.56. The molecule has 1 N–H and O–H groups in total. The SMILES string of the molecule is O=C([O-])CC(C(=O)OCC(F)(F)C(F)(F)C(F)(F)F)S(=O)(=O)O.[Na+]. The number of ether oxygens (including phenoxy) is 1. The Bertz CT molecular complexity index is 574. The standard InChI is InChI=1S/C8H7F7O7S.Na/c9-6(10,7(11,12)8(13,14)15)2-22-5(18)3(1-4(16)17)23(19,20)21;/h3H,1-2H2,(H,16,17)(H,19,20,21);/q;+1/p-1. The monoisotopic (exact) mass is 402 g/mol. The molecule has 0 aliphatic heterocycles. The second kappa shape index (κ2) is 8.16. The molecule has 0 radical (unpaired) electrons. The molecule has 0 spiro atoms. The number of carboxylic acids is 1. The van der Waals surface area contributed by atoms with Crippen LogP contribution in [0.1, 0.15) is 6.42 Å². The zero-order chi connectivity index (χ0) is 18.9. The van der Waals surface area contributed by atoms with Gasteiger partial charge in [-0.25, -0.2) is 0 Å². The van der Waals surface area contributed by atoms with Crippen LogP contribution in [0.15, 0.2) is 0 Å². The maximum absolute atomic E-state index is 12.8. The van der Waals surface area contributed by atoms with E-state index in [9.17, 15) is 53.8 Å². The first-order chi connectivity index (χ1) is 9.93. The Hall–Kier alpha value is -0.640. The van der Waals surface area contributed by atoms with Gasteiger partial charge in [0.25, 0.3) is 10.1 Å². The number of carbonyl (C=O) groups is 2. The molecule has 1 atom stereocenters. The predicted molar refractivity (Wildman–Crippen MR) is 51.9 cm³/mol. The topological polar surface area (TPSA) is 121 Å². The molecule has 0 amide bonds. The van der Waals surface area contributed by atoms with Crippen molar-refractivity contribution in [3.05, 3.63) is 0 Å². The minimum absolute atomic E-state index is 0. The Balaban J connectivity index is 0. The molecule has 1 unspecified atom stereocenters. The largest absolute Gasteiger partial charge is 1.00 e. The molecule has 0 aromatic heterocycles. The van der Waals surface area contributed by atoms with Crippen LogP contribution in [0.3, 0.4) is 0 Å². The molecular weight excluding hydrogens is 396 g/mol. The van der Waals surface area contributed by atoms with Gasteiger partial charge in [0.05, 0.1) is 0 Å². The quantitative estimate of drug-likeness (QED) is 0.206. The maximum Gasteiger partial charge on any atom is 1.00 e. The van der Waals surface area contributed by atoms with Crippen molar-refractivity contribution in [1.82, 2.24) is 0 Å². The Labute approximate surface area is 151 Å². The average molecular weight is 402 g/mol. The molecule has 0 aliphatic carbocycles. The minimum atomic E-state index is -6.71. The molecule has 0 saturated heterocycles. The zero-order valence-corrected chi connectivity index (χ0v) is 14.3. The number of halogens is 7. The van der Waals surface area contributed by atoms with Crippen molar-refractivity contribution < 1.29 is 92.7 Å². The fourth-order valence-corrected chi connectivity index (χ4v) is 1.67. The van der Waals surface area contributed by atoms with Gasteiger partial charge in [-0.15, -0.1) is 0 Å². The van der Waals surface area contributed by atoms with Crippen molar-refractivity contribution in [2.75, 3.05) is 6.61 Å². The summed E-state index contributed by atoms with van der Waals surface area (Å²) in [6.45, 7) is -2.92. The zero-order valence-electron chi connectivity index (χ0n) is 11.4. The Morgan fingerprint density at radius 1 is 1.08 bits per heavy atom. The molecule has 0 rings (SSSR count). The summed E-state index contributed by atoms with van der Waals surface area (Å²) in [6, 6.07) is 0. The Kier molecular flexibility index (Phi) is 8.70. The van der Waals surface area contributed by atoms with Gasteiger partial charge in [-0.2, -0.15) is 39.2 Å². The number of aliphatic carboxylic acids is 1. The summed E-state index contributed by atoms with van der Waals surface area (Å²) in [4.78, 5) is 21.2. The maximum atomic E-state index is 12.8. The van der Waals surface area contributed by atoms with Gasteiger partial charge in [-0.3, -0.25) is 9.35 Å². The normalized spacial score (nSPS) is 14.5. The number of hydrogen-bond donors (Lipinski definition) is 1. The van der Waals surface area contributed by atoms with Crippen molar-refractivity contribution in [3.8, 4) is 0 Å². The van der Waals surface area contributed by atoms with Crippen molar-refractivity contribution in [1.29, 1.82) is 0 Å². The van der Waals surface area contributed by atoms with Crippen LogP contribution in [-0.4, -0.2) is 54.8 Å². The third kappa shape index (κ3) is 6.34. The van der Waals surface area contributed by atoms with E-state index in [1.54, 1.807) is 0 Å². The van der Waals surface area contributed by atoms with Crippen LogP contribution < -0.4 is 34.7 Å². The molecule has 7 nitrogen and oxygen atoms in total. The van der Waals surface area contributed by atoms with E-state index >= 15 is 0 Å². The molecule has 0 fully saturated rings. The van der Waals surface area contributed by atoms with E-state index in [4.69, 9.17) is 4.55 Å². The number of rotatable bonds is 7. The summed E-state index contributed by atoms with van der Waals surface area (Å²) in [6.07, 6.45) is -8.52. The molecule has 136 valence electrons. The first-order valence-corrected chi connectivity index (χ1v) is 6.59. The molecule has 0 heterocycles. The molecule has 0 aromatic rings. The van der Waals surface area contributed by atoms with E-state index in [0.717, 1.165) is 0 Å². The van der Waals surface area contributed by atoms with E-state index in [2.05, 4.69) is 4.74 Å². The van der Waals surface area contributed by atoms with Crippen LogP contribution in [0.5, 0.6) is 0 Å². The Morgan fingerprint density at radius 3 is 1.79 bits per heavy atom. The van der Waals surface area contributed by atoms with Gasteiger partial charge < -0.3 is 14.6 Å². The number of carbonyl (C=O) groups excluding carboxylic acids is 2. The van der Waals surface area contributed by atoms with Gasteiger partial charge in [0.1, 0.15) is 0 Å². The van der Waals surface area contributed by atoms with E-state index in [1.165, 1.54) is 0 Å². The van der Waals surface area contributed by atoms with Gasteiger partial charge >= 0.3 is 53.5 Å². The minimum Gasteiger partial charge on any atom is -0.550 e. The predicted octanol–water partition coefficient (Wildman–Crippen LogP) is -3.24. The van der Waals surface area contributed by atoms with E-state index < -0.39 is 58.4 Å². The Morgan fingerprint density at radius 2 is 1.50 bits per heavy atom. The van der Waals surface area contributed by atoms with Crippen LogP contribution in [0.2, 0.25) is 0 Å². The third-order valence-electron chi connectivity index (χ3n) is 2.19. The number of esters is 1. The number of carboxylic acid groups (broad SMARTS) is 1. The summed E-state index contributed by atoms with van der Waals surface area (Å²) >= 11 is 0. The first-order valence-electron chi connectivity index (χ1n) is 5.08. The van der Waals surface area contributed by atoms with Crippen molar-refractivity contribution in [2.45, 2.75) is 29.7 Å². The fraction of sp³-hybridized carbons (Fsp3) is 0.750. The molecule has 0 aliphatic rings. The first kappa shape index (κ1) is 25.6. The van der Waals surface area contributed by atoms with Crippen molar-refractivity contribution >= 4 is 22.1 Å². The van der Waals surface area contributed by atoms with Crippen LogP contribution in [0.25, 0.3) is 0 Å². The number of alkyl halides is 7. The van der Waals surface area contributed by atoms with Crippen LogP contribution >= 0.6 is 0 Å². The van der Waals surface area contributed by atoms with Gasteiger partial charge in [0.15, 0.2) is 11.9 Å². The van der Waals surface area contributed by atoms with E-state index in [0.29, 0.717) is 0 Å². The smallest absolute Gasteiger partial charge is 0.550 e. The van der Waals surface area contributed by atoms with Gasteiger partial charge in [-0.1, -0.05) is 0 Å². The van der Waals surface area contributed by atoms with Crippen LogP contribution in [-0.2, 0) is 24.4 Å². The fourth-order valence-electron chi connectivity index (χ4n) is 1.01. The molecule has 24 heavy (non-hydrogen) atoms. The second-order valence-electron chi connectivity index (χ2n) is 3.96. The summed E-state index contributed by atoms with van der Waals surface area (Å²) in [5.74, 6) is -17.4. The third-order valence-corrected chi connectivity index (χ3v) is 3.26. The van der Waals surface area contributed by atoms with Gasteiger partial charge in [-0.05, 0) is 0 Å². The van der Waals surface area contributed by atoms with Crippen LogP contribution in [0.4, 0.5) is 30.7 Å².